The maximum absolute atomic E-state index is 13.4. The fraction of sp³-hybridized carbons (Fsp3) is 0.250. The molecule has 2 heterocycles. The zero-order chi connectivity index (χ0) is 28.2. The number of carbonyl (C=O) groups is 2. The van der Waals surface area contributed by atoms with Crippen molar-refractivity contribution in [1.82, 2.24) is 9.88 Å². The second kappa shape index (κ2) is 11.6. The van der Waals surface area contributed by atoms with Crippen LogP contribution in [0.1, 0.15) is 36.6 Å². The first kappa shape index (κ1) is 26.9. The minimum Gasteiger partial charge on any atom is -0.507 e. The first-order chi connectivity index (χ1) is 19.4. The highest BCUT2D eigenvalue weighted by Gasteiger charge is 2.45. The van der Waals surface area contributed by atoms with Gasteiger partial charge in [0.15, 0.2) is 0 Å². The van der Waals surface area contributed by atoms with Crippen molar-refractivity contribution < 1.29 is 28.9 Å². The molecule has 1 fully saturated rings. The number of hydrogen-bond acceptors (Lipinski definition) is 6. The maximum atomic E-state index is 13.4. The molecule has 4 aromatic rings. The number of carbonyl (C=O) groups excluding carboxylic acids is 2. The molecule has 40 heavy (non-hydrogen) atoms. The average Bonchev–Trinajstić information content (AvgIpc) is 3.49. The summed E-state index contributed by atoms with van der Waals surface area (Å²) in [6, 6.07) is 19.1. The summed E-state index contributed by atoms with van der Waals surface area (Å²) >= 11 is 0. The first-order valence-electron chi connectivity index (χ1n) is 13.3. The van der Waals surface area contributed by atoms with Crippen LogP contribution in [0.2, 0.25) is 0 Å². The molecule has 5 rings (SSSR count). The second-order valence-electron chi connectivity index (χ2n) is 9.43. The van der Waals surface area contributed by atoms with Gasteiger partial charge in [0.25, 0.3) is 11.7 Å². The highest BCUT2D eigenvalue weighted by molar-refractivity contribution is 6.46. The van der Waals surface area contributed by atoms with Crippen LogP contribution in [0.25, 0.3) is 16.7 Å². The van der Waals surface area contributed by atoms with E-state index >= 15 is 0 Å². The highest BCUT2D eigenvalue weighted by atomic mass is 16.5. The van der Waals surface area contributed by atoms with E-state index in [1.165, 1.54) is 4.90 Å². The van der Waals surface area contributed by atoms with Crippen LogP contribution >= 0.6 is 0 Å². The van der Waals surface area contributed by atoms with Crippen LogP contribution < -0.4 is 14.2 Å². The Morgan fingerprint density at radius 3 is 2.15 bits per heavy atom. The van der Waals surface area contributed by atoms with Gasteiger partial charge in [-0.25, -0.2) is 0 Å². The van der Waals surface area contributed by atoms with E-state index in [-0.39, 0.29) is 17.9 Å². The Hall–Kier alpha value is -4.72. The molecule has 1 aliphatic rings. The molecule has 1 saturated heterocycles. The molecule has 1 aliphatic heterocycles. The molecule has 0 saturated carbocycles. The molecule has 2 N–H and O–H groups in total. The van der Waals surface area contributed by atoms with Gasteiger partial charge in [0.2, 0.25) is 0 Å². The zero-order valence-electron chi connectivity index (χ0n) is 22.8. The number of rotatable bonds is 10. The molecule has 8 heteroatoms. The summed E-state index contributed by atoms with van der Waals surface area (Å²) in [5.41, 5.74) is 3.14. The number of nitrogens with zero attached hydrogens (tertiary/aromatic N) is 1. The standard InChI is InChI=1S/C32H32N2O6/c1-4-39-23-10-6-20(7-11-23)29-28(30(35)21-8-12-24(13-9-21)40-5-2)31(36)32(37)34(29)17-16-22-19-33-27-15-14-25(38-3)18-26(22)27/h6-15,18-19,29,33,35H,4-5,16-17H2,1-3H3/t29-/m0/s1. The number of amides is 1. The van der Waals surface area contributed by atoms with Crippen LogP contribution in [0.5, 0.6) is 17.2 Å². The number of fused-ring (bicyclic) bond motifs is 1. The van der Waals surface area contributed by atoms with Crippen LogP contribution in [0.4, 0.5) is 0 Å². The molecular formula is C32H32N2O6. The van der Waals surface area contributed by atoms with Gasteiger partial charge in [0.05, 0.1) is 31.9 Å². The number of aliphatic hydroxyl groups is 1. The molecule has 1 aromatic heterocycles. The molecule has 206 valence electrons. The van der Waals surface area contributed by atoms with E-state index < -0.39 is 17.7 Å². The molecule has 0 spiro atoms. The molecule has 0 radical (unpaired) electrons. The van der Waals surface area contributed by atoms with Crippen LogP contribution in [0, 0.1) is 0 Å². The lowest BCUT2D eigenvalue weighted by atomic mass is 9.95. The summed E-state index contributed by atoms with van der Waals surface area (Å²) in [4.78, 5) is 31.7. The molecule has 0 bridgehead atoms. The number of Topliss-reactive ketones (excluding diaryl/α,β-unsaturated/α-hetero) is 1. The zero-order valence-corrected chi connectivity index (χ0v) is 22.8. The summed E-state index contributed by atoms with van der Waals surface area (Å²) < 4.78 is 16.5. The van der Waals surface area contributed by atoms with Gasteiger partial charge >= 0.3 is 0 Å². The van der Waals surface area contributed by atoms with E-state index in [4.69, 9.17) is 14.2 Å². The van der Waals surface area contributed by atoms with Gasteiger partial charge in [-0.15, -0.1) is 0 Å². The van der Waals surface area contributed by atoms with Crippen molar-refractivity contribution in [2.45, 2.75) is 26.3 Å². The number of nitrogens with one attached hydrogen (secondary N) is 1. The number of aromatic amines is 1. The average molecular weight is 541 g/mol. The fourth-order valence-electron chi connectivity index (χ4n) is 5.13. The third-order valence-electron chi connectivity index (χ3n) is 7.08. The third kappa shape index (κ3) is 5.12. The summed E-state index contributed by atoms with van der Waals surface area (Å²) in [6.07, 6.45) is 2.41. The minimum atomic E-state index is -0.762. The van der Waals surface area contributed by atoms with Gasteiger partial charge in [-0.3, -0.25) is 9.59 Å². The number of ether oxygens (including phenoxy) is 3. The van der Waals surface area contributed by atoms with Gasteiger partial charge < -0.3 is 29.2 Å². The smallest absolute Gasteiger partial charge is 0.295 e. The predicted molar refractivity (Wildman–Crippen MR) is 153 cm³/mol. The monoisotopic (exact) mass is 540 g/mol. The van der Waals surface area contributed by atoms with Crippen LogP contribution in [0.3, 0.4) is 0 Å². The lowest BCUT2D eigenvalue weighted by Gasteiger charge is -2.25. The number of benzene rings is 3. The Morgan fingerprint density at radius 2 is 1.52 bits per heavy atom. The third-order valence-corrected chi connectivity index (χ3v) is 7.08. The topological polar surface area (TPSA) is 101 Å². The number of H-pyrrole nitrogens is 1. The van der Waals surface area contributed by atoms with Crippen molar-refractivity contribution in [1.29, 1.82) is 0 Å². The largest absolute Gasteiger partial charge is 0.507 e. The predicted octanol–water partition coefficient (Wildman–Crippen LogP) is 5.64. The summed E-state index contributed by atoms with van der Waals surface area (Å²) in [6.45, 7) is 5.09. The van der Waals surface area contributed by atoms with Crippen molar-refractivity contribution in [2.75, 3.05) is 26.9 Å². The second-order valence-corrected chi connectivity index (χ2v) is 9.43. The Labute approximate surface area is 232 Å². The first-order valence-corrected chi connectivity index (χ1v) is 13.3. The number of methoxy groups -OCH3 is 1. The van der Waals surface area contributed by atoms with Gasteiger partial charge in [-0.2, -0.15) is 0 Å². The van der Waals surface area contributed by atoms with Crippen LogP contribution in [0.15, 0.2) is 78.5 Å². The quantitative estimate of drug-likeness (QED) is 0.153. The molecule has 8 nitrogen and oxygen atoms in total. The Balaban J connectivity index is 1.53. The van der Waals surface area contributed by atoms with E-state index in [0.717, 1.165) is 22.2 Å². The number of aromatic nitrogens is 1. The Bertz CT molecular complexity index is 1550. The SMILES string of the molecule is CCOc1ccc(C(O)=C2C(=O)C(=O)N(CCc3c[nH]c4ccc(OC)cc34)[C@H]2c2ccc(OCC)cc2)cc1. The number of ketones is 1. The van der Waals surface area contributed by atoms with E-state index in [2.05, 4.69) is 4.98 Å². The van der Waals surface area contributed by atoms with Crippen molar-refractivity contribution in [3.05, 3.63) is 95.2 Å². The van der Waals surface area contributed by atoms with Crippen molar-refractivity contribution in [2.24, 2.45) is 0 Å². The van der Waals surface area contributed by atoms with Crippen molar-refractivity contribution >= 4 is 28.4 Å². The van der Waals surface area contributed by atoms with Crippen molar-refractivity contribution in [3.8, 4) is 17.2 Å². The van der Waals surface area contributed by atoms with Gasteiger partial charge in [0, 0.05) is 29.2 Å². The summed E-state index contributed by atoms with van der Waals surface area (Å²) in [5, 5.41) is 12.4. The summed E-state index contributed by atoms with van der Waals surface area (Å²) in [7, 11) is 1.62. The van der Waals surface area contributed by atoms with Crippen molar-refractivity contribution in [3.63, 3.8) is 0 Å². The Morgan fingerprint density at radius 1 is 0.900 bits per heavy atom. The van der Waals surface area contributed by atoms with Gasteiger partial charge in [0.1, 0.15) is 23.0 Å². The Kier molecular flexibility index (Phi) is 7.77. The highest BCUT2D eigenvalue weighted by Crippen LogP contribution is 2.40. The van der Waals surface area contributed by atoms with E-state index in [0.29, 0.717) is 42.3 Å². The minimum absolute atomic E-state index is 0.0546. The van der Waals surface area contributed by atoms with Gasteiger partial charge in [-0.1, -0.05) is 12.1 Å². The maximum Gasteiger partial charge on any atom is 0.295 e. The van der Waals surface area contributed by atoms with Gasteiger partial charge in [-0.05, 0) is 86.0 Å². The van der Waals surface area contributed by atoms with Crippen LogP contribution in [-0.2, 0) is 16.0 Å². The lowest BCUT2D eigenvalue weighted by molar-refractivity contribution is -0.139. The summed E-state index contributed by atoms with van der Waals surface area (Å²) in [5.74, 6) is 0.480. The van der Waals surface area contributed by atoms with E-state index in [1.807, 2.05) is 62.5 Å². The normalized spacial score (nSPS) is 16.5. The number of likely N-dealkylation sites (tertiary alicyclic amines) is 1. The van der Waals surface area contributed by atoms with E-state index in [1.54, 1.807) is 31.4 Å². The molecule has 3 aromatic carbocycles. The van der Waals surface area contributed by atoms with E-state index in [9.17, 15) is 14.7 Å². The lowest BCUT2D eigenvalue weighted by Crippen LogP contribution is -2.31. The van der Waals surface area contributed by atoms with Crippen LogP contribution in [-0.4, -0.2) is 53.5 Å². The molecular weight excluding hydrogens is 508 g/mol. The molecule has 0 aliphatic carbocycles. The number of hydrogen-bond donors (Lipinski definition) is 2. The molecule has 1 atom stereocenters. The molecule has 1 amide bonds. The molecule has 0 unspecified atom stereocenters. The fourth-order valence-corrected chi connectivity index (χ4v) is 5.13. The number of aliphatic hydroxyl groups excluding tert-OH is 1.